The average molecular weight is 1220 g/mol. The van der Waals surface area contributed by atoms with Crippen molar-refractivity contribution in [2.75, 3.05) is 39.6 Å². The summed E-state index contributed by atoms with van der Waals surface area (Å²) in [5.41, 5.74) is 12.3. The molecule has 0 saturated carbocycles. The van der Waals surface area contributed by atoms with Crippen LogP contribution in [0.4, 0.5) is 0 Å². The number of benzene rings is 3. The smallest absolute Gasteiger partial charge is 0.303 e. The zero-order valence-electron chi connectivity index (χ0n) is 52.5. The zero-order valence-corrected chi connectivity index (χ0v) is 53.4. The molecule has 0 unspecified atom stereocenters. The summed E-state index contributed by atoms with van der Waals surface area (Å²) in [5.74, 6) is -3.01. The highest BCUT2D eigenvalue weighted by Gasteiger charge is 2.53. The largest absolute Gasteiger partial charge is 0.463 e. The number of aromatic amines is 2. The fourth-order valence-electron chi connectivity index (χ4n) is 12.5. The molecule has 1 amide bonds. The lowest BCUT2D eigenvalue weighted by molar-refractivity contribution is -0.310. The van der Waals surface area contributed by atoms with Gasteiger partial charge in [0, 0.05) is 112 Å². The molecular formula is C70H83N5O12P+. The molecule has 3 aliphatic rings. The molecular weight excluding hydrogens is 1130 g/mol. The predicted octanol–water partition coefficient (Wildman–Crippen LogP) is 10.9. The molecule has 7 atom stereocenters. The van der Waals surface area contributed by atoms with Crippen LogP contribution in [0, 0.1) is 20.8 Å². The maximum Gasteiger partial charge on any atom is 0.303 e. The Balaban J connectivity index is 0.964. The minimum absolute atomic E-state index is 0.0520. The van der Waals surface area contributed by atoms with Gasteiger partial charge in [-0.3, -0.25) is 29.0 Å². The Hall–Kier alpha value is -7.82. The van der Waals surface area contributed by atoms with E-state index >= 15 is 0 Å². The number of aryl methyl sites for hydroxylation is 3. The van der Waals surface area contributed by atoms with Crippen LogP contribution in [-0.4, -0.2) is 125 Å². The average Bonchev–Trinajstić information content (AvgIpc) is 1.40. The molecule has 2 N–H and O–H groups in total. The molecule has 17 nitrogen and oxygen atoms in total. The summed E-state index contributed by atoms with van der Waals surface area (Å²) < 4.78 is 41.7. The van der Waals surface area contributed by atoms with Crippen molar-refractivity contribution in [1.29, 1.82) is 0 Å². The molecule has 88 heavy (non-hydrogen) atoms. The maximum atomic E-state index is 14.1. The van der Waals surface area contributed by atoms with E-state index in [0.29, 0.717) is 44.5 Å². The number of ether oxygens (including phenoxy) is 7. The van der Waals surface area contributed by atoms with Gasteiger partial charge in [-0.1, -0.05) is 68.4 Å². The third kappa shape index (κ3) is 14.7. The number of H-pyrrole nitrogens is 2. The van der Waals surface area contributed by atoms with Crippen LogP contribution in [0.1, 0.15) is 137 Å². The quantitative estimate of drug-likeness (QED) is 0.0265. The molecule has 1 fully saturated rings. The van der Waals surface area contributed by atoms with E-state index in [1.54, 1.807) is 0 Å². The number of amides is 1. The van der Waals surface area contributed by atoms with Gasteiger partial charge < -0.3 is 48.0 Å². The summed E-state index contributed by atoms with van der Waals surface area (Å²) in [7, 11) is -0.0892. The van der Waals surface area contributed by atoms with E-state index < -0.39 is 68.5 Å². The third-order valence-electron chi connectivity index (χ3n) is 17.1. The van der Waals surface area contributed by atoms with Gasteiger partial charge in [0.1, 0.15) is 35.9 Å². The van der Waals surface area contributed by atoms with Crippen LogP contribution in [-0.2, 0) is 70.2 Å². The Morgan fingerprint density at radius 3 is 1.80 bits per heavy atom. The van der Waals surface area contributed by atoms with Crippen molar-refractivity contribution < 1.29 is 57.1 Å². The molecule has 0 radical (unpaired) electrons. The number of nitrogens with one attached hydrogen (secondary N) is 2. The van der Waals surface area contributed by atoms with E-state index in [4.69, 9.17) is 43.1 Å². The van der Waals surface area contributed by atoms with Gasteiger partial charge in [0.25, 0.3) is 0 Å². The first kappa shape index (κ1) is 64.6. The lowest BCUT2D eigenvalue weighted by Gasteiger charge is -2.44. The Labute approximate surface area is 516 Å². The van der Waals surface area contributed by atoms with Gasteiger partial charge in [0.2, 0.25) is 5.91 Å². The second kappa shape index (κ2) is 29.0. The molecule has 9 rings (SSSR count). The molecule has 464 valence electrons. The molecule has 0 spiro atoms. The van der Waals surface area contributed by atoms with Gasteiger partial charge in [-0.15, -0.1) is 0 Å². The third-order valence-corrected chi connectivity index (χ3v) is 21.7. The van der Waals surface area contributed by atoms with Gasteiger partial charge in [-0.25, -0.2) is 4.98 Å². The van der Waals surface area contributed by atoms with Crippen molar-refractivity contribution in [1.82, 2.24) is 24.8 Å². The van der Waals surface area contributed by atoms with Gasteiger partial charge in [0.15, 0.2) is 24.6 Å². The fourth-order valence-corrected chi connectivity index (χ4v) is 16.8. The molecule has 6 heterocycles. The molecule has 8 bridgehead atoms. The Kier molecular flexibility index (Phi) is 21.3. The van der Waals surface area contributed by atoms with Crippen LogP contribution in [0.3, 0.4) is 0 Å². The summed E-state index contributed by atoms with van der Waals surface area (Å²) in [5, 5.41) is 4.07. The number of hydrogen-bond donors (Lipinski definition) is 2. The summed E-state index contributed by atoms with van der Waals surface area (Å²) >= 11 is 0. The summed E-state index contributed by atoms with van der Waals surface area (Å²) in [6.45, 7) is 18.4. The van der Waals surface area contributed by atoms with Gasteiger partial charge in [-0.2, -0.15) is 0 Å². The number of nitrogens with zero attached hydrogens (tertiary/aromatic N) is 3. The Morgan fingerprint density at radius 1 is 0.648 bits per heavy atom. The molecule has 3 aromatic heterocycles. The minimum atomic E-state index is -1.96. The number of hydrogen-bond acceptors (Lipinski definition) is 14. The van der Waals surface area contributed by atoms with Crippen molar-refractivity contribution in [3.63, 3.8) is 0 Å². The number of carbonyl (C=O) groups is 5. The van der Waals surface area contributed by atoms with Crippen LogP contribution < -0.4 is 15.9 Å². The summed E-state index contributed by atoms with van der Waals surface area (Å²) in [6.07, 6.45) is -0.430. The number of rotatable bonds is 23. The highest BCUT2D eigenvalue weighted by molar-refractivity contribution is 7.95. The number of carbonyl (C=O) groups excluding carboxylic acids is 5. The molecule has 1 saturated heterocycles. The van der Waals surface area contributed by atoms with E-state index in [2.05, 4.69) is 154 Å². The summed E-state index contributed by atoms with van der Waals surface area (Å²) in [4.78, 5) is 83.9. The van der Waals surface area contributed by atoms with Crippen molar-refractivity contribution in [3.8, 4) is 0 Å². The first-order valence-electron chi connectivity index (χ1n) is 30.5. The first-order valence-corrected chi connectivity index (χ1v) is 32.4. The van der Waals surface area contributed by atoms with E-state index in [9.17, 15) is 24.0 Å². The Morgan fingerprint density at radius 2 is 1.20 bits per heavy atom. The highest BCUT2D eigenvalue weighted by Crippen LogP contribution is 2.56. The first-order chi connectivity index (χ1) is 42.3. The number of aromatic nitrogens is 4. The van der Waals surface area contributed by atoms with E-state index in [0.717, 1.165) is 91.7 Å². The second-order valence-corrected chi connectivity index (χ2v) is 26.8. The molecule has 3 aromatic carbocycles. The highest BCUT2D eigenvalue weighted by atomic mass is 31.2. The maximum absolute atomic E-state index is 14.1. The number of allylic oxidation sites excluding steroid dienone is 1. The second-order valence-electron chi connectivity index (χ2n) is 23.1. The molecule has 3 aliphatic heterocycles. The SMILES string of the molecule is CCc1c(C)c2cc3[nH]c(cc4nc(c(C)c5nc(cc1[nH]2)C(C)=C5)[C@@H](CCC(=O)N(C)CCCOCCC[P+](c1ccccc1)(c1ccccc1)c1ccccc1)[C@@H]4C)c(C)c3CO[C@@H]1O[C@H](COC(C)=O)[C@@H](OC(C)=O)[C@H](OC(C)=O)[C@H]1OC(C)=O. The monoisotopic (exact) mass is 1220 g/mol. The lowest BCUT2D eigenvalue weighted by atomic mass is 9.85. The minimum Gasteiger partial charge on any atom is -0.463 e. The lowest BCUT2D eigenvalue weighted by Crippen LogP contribution is -2.62. The van der Waals surface area contributed by atoms with Crippen molar-refractivity contribution in [3.05, 3.63) is 160 Å². The normalized spacial score (nSPS) is 19.1. The van der Waals surface area contributed by atoms with Crippen LogP contribution in [0.2, 0.25) is 0 Å². The summed E-state index contributed by atoms with van der Waals surface area (Å²) in [6, 6.07) is 38.9. The molecule has 0 aliphatic carbocycles. The van der Waals surface area contributed by atoms with E-state index in [-0.39, 0.29) is 24.3 Å². The zero-order chi connectivity index (χ0) is 62.8. The van der Waals surface area contributed by atoms with Gasteiger partial charge in [0.05, 0.1) is 30.8 Å². The Bertz CT molecular complexity index is 3600. The topological polar surface area (TPSA) is 211 Å². The number of esters is 4. The standard InChI is InChI=1S/C70H83N5O12P/c1-12-54-43(3)60-39-63-56(40-83-70-69(86-50(10)79)68(85-49(9)78)67(84-48(8)77)64(87-70)41-82-47(7)76)45(5)59(73-63)38-61-44(4)55(66(74-61)46(6)58-36-42(2)57(71-58)37-62(54)72-60)30-31-65(80)75(11)32-22-33-81-34-23-35-88(51-24-16-13-17-25-51,52-26-18-14-19-27-52)53-28-20-15-21-29-53/h13-21,24-29,36-39,44,55,64,67-70,72-73H,12,22-23,30-35,40-41H2,1-11H3/q+1/t44-,55-,64+,67+,68-,69+,70+/m0/s1. The van der Waals surface area contributed by atoms with Gasteiger partial charge in [-0.05, 0) is 135 Å². The van der Waals surface area contributed by atoms with Crippen LogP contribution >= 0.6 is 7.26 Å². The van der Waals surface area contributed by atoms with Crippen LogP contribution in [0.25, 0.3) is 33.7 Å². The number of fused-ring (bicyclic) bond motifs is 8. The fraction of sp³-hybridized carbons (Fsp3) is 0.414. The van der Waals surface area contributed by atoms with E-state index in [1.807, 2.05) is 24.9 Å². The van der Waals surface area contributed by atoms with Gasteiger partial charge >= 0.3 is 23.9 Å². The van der Waals surface area contributed by atoms with Crippen molar-refractivity contribution in [2.24, 2.45) is 0 Å². The van der Waals surface area contributed by atoms with Crippen molar-refractivity contribution in [2.45, 2.75) is 150 Å². The van der Waals surface area contributed by atoms with Crippen LogP contribution in [0.15, 0.2) is 109 Å². The molecule has 6 aromatic rings. The predicted molar refractivity (Wildman–Crippen MR) is 343 cm³/mol. The van der Waals surface area contributed by atoms with Crippen LogP contribution in [0.5, 0.6) is 0 Å². The van der Waals surface area contributed by atoms with E-state index in [1.165, 1.54) is 43.6 Å². The van der Waals surface area contributed by atoms with Crippen molar-refractivity contribution >= 4 is 86.7 Å². The molecule has 18 heteroatoms.